The number of aryl methyl sites for hydroxylation is 1. The van der Waals surface area contributed by atoms with Gasteiger partial charge in [-0.3, -0.25) is 0 Å². The largest absolute Gasteiger partial charge is 0.594 e. The Bertz CT molecular complexity index is 573. The molecule has 1 aromatic carbocycles. The number of aromatic nitrogens is 3. The Morgan fingerprint density at radius 1 is 1.44 bits per heavy atom. The second-order valence-corrected chi connectivity index (χ2v) is 3.95. The number of fused-ring (bicyclic) bond motifs is 3. The van der Waals surface area contributed by atoms with Gasteiger partial charge in [0.15, 0.2) is 0 Å². The van der Waals surface area contributed by atoms with Crippen molar-refractivity contribution >= 4 is 22.6 Å². The molecule has 6 heteroatoms. The van der Waals surface area contributed by atoms with Crippen molar-refractivity contribution < 1.29 is 9.58 Å². The summed E-state index contributed by atoms with van der Waals surface area (Å²) < 4.78 is 5.48. The van der Waals surface area contributed by atoms with E-state index in [1.54, 1.807) is 6.07 Å². The molecule has 0 radical (unpaired) electrons. The number of halogens is 1. The first-order valence-electron chi connectivity index (χ1n) is 4.97. The standard InChI is InChI=1S/C10H8ClN3O2/c11-10-12-7-3-4-8-6(2-1-5-16-8)9(7)14(15)13-10/h3-4H,1-2,5H2. The van der Waals surface area contributed by atoms with Crippen LogP contribution in [0.2, 0.25) is 5.28 Å². The van der Waals surface area contributed by atoms with Gasteiger partial charge in [0, 0.05) is 5.10 Å². The van der Waals surface area contributed by atoms with Crippen LogP contribution in [0.25, 0.3) is 11.0 Å². The van der Waals surface area contributed by atoms with E-state index in [0.717, 1.165) is 24.2 Å². The Hall–Kier alpha value is -1.62. The van der Waals surface area contributed by atoms with E-state index in [0.29, 0.717) is 22.5 Å². The second kappa shape index (κ2) is 3.45. The van der Waals surface area contributed by atoms with Gasteiger partial charge in [0.05, 0.1) is 12.2 Å². The van der Waals surface area contributed by atoms with E-state index in [-0.39, 0.29) is 5.28 Å². The maximum atomic E-state index is 11.7. The fourth-order valence-corrected chi connectivity index (χ4v) is 2.12. The summed E-state index contributed by atoms with van der Waals surface area (Å²) in [5, 5.41) is 15.2. The average molecular weight is 238 g/mol. The molecule has 0 saturated carbocycles. The summed E-state index contributed by atoms with van der Waals surface area (Å²) in [6.07, 6.45) is 1.70. The maximum absolute atomic E-state index is 11.7. The van der Waals surface area contributed by atoms with Crippen LogP contribution in [0, 0.1) is 5.21 Å². The minimum atomic E-state index is -0.0424. The quantitative estimate of drug-likeness (QED) is 0.511. The zero-order chi connectivity index (χ0) is 11.1. The smallest absolute Gasteiger partial charge is 0.290 e. The Kier molecular flexibility index (Phi) is 2.07. The summed E-state index contributed by atoms with van der Waals surface area (Å²) in [5.41, 5.74) is 1.89. The van der Waals surface area contributed by atoms with E-state index in [9.17, 15) is 5.21 Å². The third kappa shape index (κ3) is 1.36. The van der Waals surface area contributed by atoms with Crippen molar-refractivity contribution in [2.75, 3.05) is 6.61 Å². The van der Waals surface area contributed by atoms with Gasteiger partial charge < -0.3 is 9.94 Å². The van der Waals surface area contributed by atoms with Crippen LogP contribution in [-0.2, 0) is 6.42 Å². The average Bonchev–Trinajstić information content (AvgIpc) is 2.28. The lowest BCUT2D eigenvalue weighted by Crippen LogP contribution is -2.34. The molecule has 0 spiro atoms. The number of rotatable bonds is 0. The van der Waals surface area contributed by atoms with Crippen LogP contribution in [0.4, 0.5) is 0 Å². The lowest BCUT2D eigenvalue weighted by Gasteiger charge is -2.16. The normalized spacial score (nSPS) is 14.6. The Labute approximate surface area is 96.2 Å². The van der Waals surface area contributed by atoms with Crippen molar-refractivity contribution in [2.45, 2.75) is 12.8 Å². The molecule has 5 nitrogen and oxygen atoms in total. The summed E-state index contributed by atoms with van der Waals surface area (Å²) in [6.45, 7) is 0.686. The van der Waals surface area contributed by atoms with Crippen molar-refractivity contribution in [3.8, 4) is 5.75 Å². The summed E-state index contributed by atoms with van der Waals surface area (Å²) in [6, 6.07) is 3.54. The molecule has 82 valence electrons. The minimum Gasteiger partial charge on any atom is -0.594 e. The van der Waals surface area contributed by atoms with Crippen LogP contribution in [-0.4, -0.2) is 16.7 Å². The fraction of sp³-hybridized carbons (Fsp3) is 0.300. The van der Waals surface area contributed by atoms with Crippen LogP contribution in [0.5, 0.6) is 5.75 Å². The highest BCUT2D eigenvalue weighted by atomic mass is 35.5. The van der Waals surface area contributed by atoms with Gasteiger partial charge in [-0.05, 0) is 41.4 Å². The van der Waals surface area contributed by atoms with E-state index >= 15 is 0 Å². The zero-order valence-electron chi connectivity index (χ0n) is 8.31. The second-order valence-electron chi connectivity index (χ2n) is 3.62. The van der Waals surface area contributed by atoms with Gasteiger partial charge in [0.25, 0.3) is 10.8 Å². The molecule has 3 rings (SSSR count). The molecule has 2 aromatic rings. The van der Waals surface area contributed by atoms with Crippen molar-refractivity contribution in [1.82, 2.24) is 10.1 Å². The van der Waals surface area contributed by atoms with Crippen LogP contribution in [0.15, 0.2) is 12.1 Å². The van der Waals surface area contributed by atoms with Crippen LogP contribution in [0.3, 0.4) is 0 Å². The molecule has 1 aliphatic heterocycles. The van der Waals surface area contributed by atoms with Gasteiger partial charge in [-0.1, -0.05) is 0 Å². The maximum Gasteiger partial charge on any atom is 0.290 e. The lowest BCUT2D eigenvalue weighted by molar-refractivity contribution is -0.643. The minimum absolute atomic E-state index is 0.0424. The zero-order valence-corrected chi connectivity index (χ0v) is 9.07. The van der Waals surface area contributed by atoms with E-state index in [2.05, 4.69) is 10.1 Å². The highest BCUT2D eigenvalue weighted by Gasteiger charge is 2.21. The molecular formula is C10H8ClN3O2. The molecule has 0 unspecified atom stereocenters. The number of ether oxygens (including phenoxy) is 1. The summed E-state index contributed by atoms with van der Waals surface area (Å²) in [4.78, 5) is 4.55. The molecule has 2 heterocycles. The van der Waals surface area contributed by atoms with Crippen LogP contribution in [0.1, 0.15) is 12.0 Å². The molecule has 0 atom stereocenters. The first kappa shape index (κ1) is 9.59. The first-order valence-corrected chi connectivity index (χ1v) is 5.35. The summed E-state index contributed by atoms with van der Waals surface area (Å²) >= 11 is 5.63. The molecule has 1 aliphatic rings. The van der Waals surface area contributed by atoms with Gasteiger partial charge in [0.2, 0.25) is 0 Å². The van der Waals surface area contributed by atoms with Gasteiger partial charge in [-0.2, -0.15) is 0 Å². The van der Waals surface area contributed by atoms with E-state index in [1.165, 1.54) is 0 Å². The number of hydrogen-bond acceptors (Lipinski definition) is 4. The molecule has 0 N–H and O–H groups in total. The highest BCUT2D eigenvalue weighted by Crippen LogP contribution is 2.29. The SMILES string of the molecule is [O-][n+]1nc(Cl)nc2ccc3c(c21)CCCO3. The van der Waals surface area contributed by atoms with Gasteiger partial charge in [-0.25, -0.2) is 4.98 Å². The Morgan fingerprint density at radius 3 is 3.19 bits per heavy atom. The third-order valence-corrected chi connectivity index (χ3v) is 2.78. The predicted octanol–water partition coefficient (Wildman–Crippen LogP) is 1.24. The van der Waals surface area contributed by atoms with Crippen LogP contribution < -0.4 is 9.58 Å². The predicted molar refractivity (Wildman–Crippen MR) is 57.3 cm³/mol. The Morgan fingerprint density at radius 2 is 2.31 bits per heavy atom. The summed E-state index contributed by atoms with van der Waals surface area (Å²) in [7, 11) is 0. The number of nitrogens with zero attached hydrogens (tertiary/aromatic N) is 3. The molecule has 0 bridgehead atoms. The molecular weight excluding hydrogens is 230 g/mol. The summed E-state index contributed by atoms with van der Waals surface area (Å²) in [5.74, 6) is 0.745. The van der Waals surface area contributed by atoms with Crippen molar-refractivity contribution in [3.05, 3.63) is 28.2 Å². The Balaban J connectivity index is 2.38. The van der Waals surface area contributed by atoms with Crippen molar-refractivity contribution in [2.24, 2.45) is 0 Å². The number of hydrogen-bond donors (Lipinski definition) is 0. The topological polar surface area (TPSA) is 62.0 Å². The fourth-order valence-electron chi connectivity index (χ4n) is 1.96. The first-order chi connectivity index (χ1) is 7.75. The molecule has 1 aromatic heterocycles. The van der Waals surface area contributed by atoms with Gasteiger partial charge in [0.1, 0.15) is 11.3 Å². The molecule has 0 saturated heterocycles. The van der Waals surface area contributed by atoms with E-state index in [1.807, 2.05) is 6.07 Å². The van der Waals surface area contributed by atoms with Gasteiger partial charge >= 0.3 is 0 Å². The van der Waals surface area contributed by atoms with Crippen molar-refractivity contribution in [1.29, 1.82) is 0 Å². The molecule has 0 amide bonds. The number of benzene rings is 1. The van der Waals surface area contributed by atoms with Crippen molar-refractivity contribution in [3.63, 3.8) is 0 Å². The third-order valence-electron chi connectivity index (χ3n) is 2.62. The molecule has 0 fully saturated rings. The monoisotopic (exact) mass is 237 g/mol. The molecule has 0 aliphatic carbocycles. The lowest BCUT2D eigenvalue weighted by atomic mass is 10.0. The van der Waals surface area contributed by atoms with E-state index in [4.69, 9.17) is 16.3 Å². The molecule has 16 heavy (non-hydrogen) atoms. The van der Waals surface area contributed by atoms with Gasteiger partial charge in [-0.15, -0.1) is 0 Å². The highest BCUT2D eigenvalue weighted by molar-refractivity contribution is 6.28. The van der Waals surface area contributed by atoms with E-state index < -0.39 is 0 Å². The van der Waals surface area contributed by atoms with Crippen LogP contribution >= 0.6 is 11.6 Å².